The van der Waals surface area contributed by atoms with Crippen LogP contribution in [-0.4, -0.2) is 31.0 Å². The molecular formula is C4H3N7O2S. The molecular weight excluding hydrogens is 210 g/mol. The minimum atomic E-state index is -0.567. The minimum Gasteiger partial charge on any atom is -0.379 e. The number of carbonyl (C=O) groups is 1. The highest BCUT2D eigenvalue weighted by Gasteiger charge is 2.17. The molecule has 10 heteroatoms. The van der Waals surface area contributed by atoms with Gasteiger partial charge in [0.25, 0.3) is 5.91 Å². The van der Waals surface area contributed by atoms with E-state index in [-0.39, 0.29) is 16.6 Å². The van der Waals surface area contributed by atoms with Crippen molar-refractivity contribution in [2.45, 2.75) is 0 Å². The summed E-state index contributed by atoms with van der Waals surface area (Å²) in [5, 5.41) is 16.0. The number of nitrogen functional groups attached to an aromatic ring is 1. The average molecular weight is 213 g/mol. The van der Waals surface area contributed by atoms with Gasteiger partial charge in [-0.2, -0.15) is 0 Å². The molecule has 0 unspecified atom stereocenters. The van der Waals surface area contributed by atoms with Gasteiger partial charge in [-0.1, -0.05) is 9.59 Å². The van der Waals surface area contributed by atoms with Crippen LogP contribution in [0.1, 0.15) is 10.5 Å². The van der Waals surface area contributed by atoms with Crippen LogP contribution in [-0.2, 0) is 0 Å². The Balaban J connectivity index is 2.14. The zero-order valence-corrected chi connectivity index (χ0v) is 7.35. The van der Waals surface area contributed by atoms with Crippen molar-refractivity contribution in [1.29, 1.82) is 0 Å². The predicted molar refractivity (Wildman–Crippen MR) is 44.4 cm³/mol. The fraction of sp³-hybridized carbons (Fsp3) is 0. The quantitative estimate of drug-likeness (QED) is 0.659. The van der Waals surface area contributed by atoms with Crippen LogP contribution in [0.2, 0.25) is 0 Å². The molecule has 2 heterocycles. The van der Waals surface area contributed by atoms with Crippen molar-refractivity contribution < 1.29 is 9.42 Å². The molecule has 0 fully saturated rings. The van der Waals surface area contributed by atoms with Gasteiger partial charge in [-0.3, -0.25) is 10.1 Å². The molecule has 3 N–H and O–H groups in total. The monoisotopic (exact) mass is 213 g/mol. The largest absolute Gasteiger partial charge is 0.379 e. The molecule has 0 aliphatic carbocycles. The van der Waals surface area contributed by atoms with Crippen molar-refractivity contribution >= 4 is 28.4 Å². The van der Waals surface area contributed by atoms with E-state index in [4.69, 9.17) is 5.73 Å². The van der Waals surface area contributed by atoms with Gasteiger partial charge in [0.1, 0.15) is 0 Å². The first kappa shape index (κ1) is 8.50. The normalized spacial score (nSPS) is 10.0. The first-order chi connectivity index (χ1) is 6.77. The second-order valence-corrected chi connectivity index (χ2v) is 2.85. The lowest BCUT2D eigenvalue weighted by atomic mass is 10.4. The van der Waals surface area contributed by atoms with Crippen LogP contribution < -0.4 is 11.1 Å². The summed E-state index contributed by atoms with van der Waals surface area (Å²) < 4.78 is 7.71. The molecule has 0 radical (unpaired) electrons. The Morgan fingerprint density at radius 3 is 2.93 bits per heavy atom. The maximum absolute atomic E-state index is 11.4. The number of hydrogen-bond donors (Lipinski definition) is 2. The van der Waals surface area contributed by atoms with E-state index in [9.17, 15) is 4.79 Å². The van der Waals surface area contributed by atoms with Crippen LogP contribution in [0.15, 0.2) is 4.63 Å². The lowest BCUT2D eigenvalue weighted by Gasteiger charge is -1.94. The fourth-order valence-electron chi connectivity index (χ4n) is 0.691. The molecule has 9 nitrogen and oxygen atoms in total. The second-order valence-electron chi connectivity index (χ2n) is 2.12. The summed E-state index contributed by atoms with van der Waals surface area (Å²) in [4.78, 5) is 11.4. The smallest absolute Gasteiger partial charge is 0.283 e. The lowest BCUT2D eigenvalue weighted by molar-refractivity contribution is 0.101. The van der Waals surface area contributed by atoms with Crippen molar-refractivity contribution in [3.63, 3.8) is 0 Å². The number of nitrogens with one attached hydrogen (secondary N) is 1. The summed E-state index contributed by atoms with van der Waals surface area (Å²) in [5.41, 5.74) is 5.20. The van der Waals surface area contributed by atoms with Gasteiger partial charge >= 0.3 is 0 Å². The molecule has 72 valence electrons. The predicted octanol–water partition coefficient (Wildman–Crippen LogP) is -0.849. The zero-order valence-electron chi connectivity index (χ0n) is 6.54. The molecule has 0 atom stereocenters. The van der Waals surface area contributed by atoms with Crippen molar-refractivity contribution in [2.24, 2.45) is 0 Å². The minimum absolute atomic E-state index is 0.0834. The molecule has 1 amide bonds. The molecule has 2 aromatic heterocycles. The van der Waals surface area contributed by atoms with Crippen LogP contribution in [0.3, 0.4) is 0 Å². The van der Waals surface area contributed by atoms with E-state index in [2.05, 4.69) is 35.1 Å². The molecule has 2 aromatic rings. The number of nitrogens with two attached hydrogens (primary N) is 1. The molecule has 0 aliphatic heterocycles. The highest BCUT2D eigenvalue weighted by molar-refractivity contribution is 7.09. The van der Waals surface area contributed by atoms with Gasteiger partial charge in [-0.15, -0.1) is 0 Å². The van der Waals surface area contributed by atoms with Crippen LogP contribution >= 0.6 is 11.5 Å². The van der Waals surface area contributed by atoms with Crippen LogP contribution in [0.4, 0.5) is 10.9 Å². The maximum atomic E-state index is 11.4. The number of anilines is 2. The maximum Gasteiger partial charge on any atom is 0.283 e. The van der Waals surface area contributed by atoms with Gasteiger partial charge in [0, 0.05) is 11.5 Å². The number of amides is 1. The van der Waals surface area contributed by atoms with Crippen molar-refractivity contribution in [3.8, 4) is 0 Å². The SMILES string of the molecule is Nc1nonc1C(=O)Nc1nnns1. The zero-order chi connectivity index (χ0) is 9.97. The Kier molecular flexibility index (Phi) is 2.02. The highest BCUT2D eigenvalue weighted by Crippen LogP contribution is 2.09. The molecule has 0 aliphatic rings. The van der Waals surface area contributed by atoms with Crippen molar-refractivity contribution in [2.75, 3.05) is 11.1 Å². The van der Waals surface area contributed by atoms with E-state index in [1.165, 1.54) is 0 Å². The Morgan fingerprint density at radius 2 is 2.36 bits per heavy atom. The Labute approximate surface area is 80.4 Å². The number of aromatic nitrogens is 5. The number of hydrogen-bond acceptors (Lipinski definition) is 9. The molecule has 2 rings (SSSR count). The van der Waals surface area contributed by atoms with Crippen LogP contribution in [0, 0.1) is 0 Å². The van der Waals surface area contributed by atoms with Crippen molar-refractivity contribution in [1.82, 2.24) is 25.1 Å². The topological polar surface area (TPSA) is 133 Å². The third kappa shape index (κ3) is 1.50. The third-order valence-electron chi connectivity index (χ3n) is 1.25. The molecule has 0 aromatic carbocycles. The van der Waals surface area contributed by atoms with E-state index in [0.717, 1.165) is 11.5 Å². The second kappa shape index (κ2) is 3.33. The average Bonchev–Trinajstić information content (AvgIpc) is 2.75. The number of rotatable bonds is 2. The van der Waals surface area contributed by atoms with Gasteiger partial charge in [0.15, 0.2) is 0 Å². The van der Waals surface area contributed by atoms with E-state index in [1.54, 1.807) is 0 Å². The Bertz CT molecular complexity index is 436. The first-order valence-corrected chi connectivity index (χ1v) is 4.09. The van der Waals surface area contributed by atoms with Gasteiger partial charge in [-0.25, -0.2) is 4.63 Å². The summed E-state index contributed by atoms with van der Waals surface area (Å²) in [6.07, 6.45) is 0. The van der Waals surface area contributed by atoms with Gasteiger partial charge in [-0.05, 0) is 15.5 Å². The number of carbonyl (C=O) groups excluding carboxylic acids is 1. The molecule has 14 heavy (non-hydrogen) atoms. The molecule has 0 spiro atoms. The first-order valence-electron chi connectivity index (χ1n) is 3.32. The molecule has 0 bridgehead atoms. The van der Waals surface area contributed by atoms with Gasteiger partial charge in [0.2, 0.25) is 16.6 Å². The van der Waals surface area contributed by atoms with E-state index in [0.29, 0.717) is 0 Å². The molecule has 0 saturated carbocycles. The summed E-state index contributed by atoms with van der Waals surface area (Å²) in [6.45, 7) is 0. The Morgan fingerprint density at radius 1 is 1.50 bits per heavy atom. The van der Waals surface area contributed by atoms with Gasteiger partial charge in [0.05, 0.1) is 0 Å². The summed E-state index contributed by atoms with van der Waals surface area (Å²) in [7, 11) is 0. The Hall–Kier alpha value is -2.10. The fourth-order valence-corrected chi connectivity index (χ4v) is 1.05. The van der Waals surface area contributed by atoms with Gasteiger partial charge < -0.3 is 5.73 Å². The summed E-state index contributed by atoms with van der Waals surface area (Å²) >= 11 is 0.931. The van der Waals surface area contributed by atoms with Crippen molar-refractivity contribution in [3.05, 3.63) is 5.69 Å². The number of nitrogens with zero attached hydrogens (tertiary/aromatic N) is 5. The van der Waals surface area contributed by atoms with Crippen LogP contribution in [0.5, 0.6) is 0 Å². The third-order valence-corrected chi connectivity index (χ3v) is 1.76. The van der Waals surface area contributed by atoms with Crippen LogP contribution in [0.25, 0.3) is 0 Å². The van der Waals surface area contributed by atoms with E-state index < -0.39 is 5.91 Å². The highest BCUT2D eigenvalue weighted by atomic mass is 32.1. The summed E-state index contributed by atoms with van der Waals surface area (Å²) in [6, 6.07) is 0. The standard InChI is InChI=1S/C4H3N7O2S/c5-2-1(8-13-9-2)3(12)6-4-7-10-11-14-4/h(H2,5,9)(H,6,7,11,12). The van der Waals surface area contributed by atoms with E-state index in [1.807, 2.05) is 0 Å². The van der Waals surface area contributed by atoms with E-state index >= 15 is 0 Å². The molecule has 0 saturated heterocycles. The lowest BCUT2D eigenvalue weighted by Crippen LogP contribution is -2.14. The summed E-state index contributed by atoms with van der Waals surface area (Å²) in [5.74, 6) is -0.651.